The summed E-state index contributed by atoms with van der Waals surface area (Å²) in [7, 11) is 1.80. The Balaban J connectivity index is 2.02. The molecule has 2 rings (SSSR count). The van der Waals surface area contributed by atoms with Gasteiger partial charge in [-0.1, -0.05) is 19.8 Å². The fourth-order valence-corrected chi connectivity index (χ4v) is 2.98. The molecule has 1 heterocycles. The molecular weight excluding hydrogens is 228 g/mol. The predicted octanol–water partition coefficient (Wildman–Crippen LogP) is 0.550. The highest BCUT2D eigenvalue weighted by Crippen LogP contribution is 2.28. The number of hydrogen-bond donors (Lipinski definition) is 1. The zero-order chi connectivity index (χ0) is 13.0. The third-order valence-corrected chi connectivity index (χ3v) is 3.94. The van der Waals surface area contributed by atoms with Crippen LogP contribution in [-0.2, 0) is 13.6 Å². The van der Waals surface area contributed by atoms with Crippen molar-refractivity contribution >= 4 is 0 Å². The molecule has 1 aliphatic carbocycles. The van der Waals surface area contributed by atoms with Gasteiger partial charge >= 0.3 is 0 Å². The molecule has 2 unspecified atom stereocenters. The fourth-order valence-electron chi connectivity index (χ4n) is 2.98. The topological polar surface area (TPSA) is 72.9 Å². The highest BCUT2D eigenvalue weighted by molar-refractivity contribution is 4.87. The number of rotatable bonds is 5. The maximum atomic E-state index is 5.91. The molecule has 0 saturated heterocycles. The van der Waals surface area contributed by atoms with Crippen LogP contribution < -0.4 is 5.73 Å². The smallest absolute Gasteiger partial charge is 0.188 e. The number of nitrogens with zero attached hydrogens (tertiary/aromatic N) is 5. The Labute approximate surface area is 109 Å². The van der Waals surface area contributed by atoms with Crippen LogP contribution in [-0.4, -0.2) is 44.2 Å². The summed E-state index contributed by atoms with van der Waals surface area (Å²) < 4.78 is 0. The lowest BCUT2D eigenvalue weighted by Gasteiger charge is -2.38. The third-order valence-electron chi connectivity index (χ3n) is 3.94. The number of aromatic nitrogens is 4. The molecule has 2 N–H and O–H groups in total. The summed E-state index contributed by atoms with van der Waals surface area (Å²) in [6.07, 6.45) is 5.13. The van der Waals surface area contributed by atoms with Crippen LogP contribution in [0.4, 0.5) is 0 Å². The summed E-state index contributed by atoms with van der Waals surface area (Å²) in [5, 5.41) is 12.2. The Morgan fingerprint density at radius 1 is 1.39 bits per heavy atom. The average molecular weight is 252 g/mol. The molecule has 0 aliphatic heterocycles. The third kappa shape index (κ3) is 3.05. The predicted molar refractivity (Wildman–Crippen MR) is 69.7 cm³/mol. The Morgan fingerprint density at radius 2 is 2.17 bits per heavy atom. The first kappa shape index (κ1) is 13.4. The summed E-state index contributed by atoms with van der Waals surface area (Å²) >= 11 is 0. The maximum absolute atomic E-state index is 5.91. The number of aryl methyl sites for hydroxylation is 1. The minimum Gasteiger partial charge on any atom is -0.330 e. The largest absolute Gasteiger partial charge is 0.330 e. The van der Waals surface area contributed by atoms with Gasteiger partial charge in [-0.25, -0.2) is 0 Å². The van der Waals surface area contributed by atoms with Gasteiger partial charge in [-0.3, -0.25) is 4.90 Å². The van der Waals surface area contributed by atoms with Crippen molar-refractivity contribution in [1.29, 1.82) is 0 Å². The van der Waals surface area contributed by atoms with E-state index in [4.69, 9.17) is 5.73 Å². The quantitative estimate of drug-likeness (QED) is 0.828. The molecule has 1 aromatic heterocycles. The molecule has 0 radical (unpaired) electrons. The first-order valence-electron chi connectivity index (χ1n) is 6.91. The second kappa shape index (κ2) is 6.24. The first-order chi connectivity index (χ1) is 8.74. The molecule has 0 bridgehead atoms. The van der Waals surface area contributed by atoms with Crippen molar-refractivity contribution in [2.75, 3.05) is 13.1 Å². The van der Waals surface area contributed by atoms with Crippen molar-refractivity contribution in [3.63, 3.8) is 0 Å². The average Bonchev–Trinajstić information content (AvgIpc) is 2.81. The summed E-state index contributed by atoms with van der Waals surface area (Å²) in [4.78, 5) is 3.97. The lowest BCUT2D eigenvalue weighted by molar-refractivity contribution is 0.103. The van der Waals surface area contributed by atoms with Crippen LogP contribution in [0.3, 0.4) is 0 Å². The van der Waals surface area contributed by atoms with E-state index in [1.807, 2.05) is 0 Å². The Hall–Kier alpha value is -1.01. The Kier molecular flexibility index (Phi) is 4.66. The van der Waals surface area contributed by atoms with Crippen molar-refractivity contribution in [3.05, 3.63) is 5.82 Å². The molecular formula is C12H24N6. The van der Waals surface area contributed by atoms with Gasteiger partial charge < -0.3 is 5.73 Å². The number of nitrogens with two attached hydrogens (primary N) is 1. The van der Waals surface area contributed by atoms with Crippen molar-refractivity contribution in [2.24, 2.45) is 18.7 Å². The molecule has 1 saturated carbocycles. The van der Waals surface area contributed by atoms with Crippen LogP contribution in [0.25, 0.3) is 0 Å². The van der Waals surface area contributed by atoms with E-state index in [1.54, 1.807) is 7.05 Å². The van der Waals surface area contributed by atoms with Crippen LogP contribution in [0.15, 0.2) is 0 Å². The number of hydrogen-bond acceptors (Lipinski definition) is 5. The SMILES string of the molecule is CCN(Cc1nnn(C)n1)C1CCCCC1CN. The van der Waals surface area contributed by atoms with Gasteiger partial charge in [0, 0.05) is 6.04 Å². The van der Waals surface area contributed by atoms with E-state index in [1.165, 1.54) is 30.5 Å². The van der Waals surface area contributed by atoms with E-state index in [9.17, 15) is 0 Å². The maximum Gasteiger partial charge on any atom is 0.188 e. The zero-order valence-corrected chi connectivity index (χ0v) is 11.4. The van der Waals surface area contributed by atoms with Crippen LogP contribution in [0.5, 0.6) is 0 Å². The zero-order valence-electron chi connectivity index (χ0n) is 11.4. The summed E-state index contributed by atoms with van der Waals surface area (Å²) in [5.41, 5.74) is 5.91. The fraction of sp³-hybridized carbons (Fsp3) is 0.917. The minimum atomic E-state index is 0.581. The summed E-state index contributed by atoms with van der Waals surface area (Å²) in [6, 6.07) is 0.581. The second-order valence-corrected chi connectivity index (χ2v) is 5.11. The van der Waals surface area contributed by atoms with Crippen LogP contribution >= 0.6 is 0 Å². The Bertz CT molecular complexity index is 363. The minimum absolute atomic E-state index is 0.581. The van der Waals surface area contributed by atoms with E-state index in [0.717, 1.165) is 25.5 Å². The van der Waals surface area contributed by atoms with Gasteiger partial charge in [-0.05, 0) is 37.1 Å². The molecule has 18 heavy (non-hydrogen) atoms. The molecule has 6 heteroatoms. The summed E-state index contributed by atoms with van der Waals surface area (Å²) in [5.74, 6) is 1.43. The lowest BCUT2D eigenvalue weighted by atomic mass is 9.83. The molecule has 102 valence electrons. The van der Waals surface area contributed by atoms with E-state index in [2.05, 4.69) is 27.2 Å². The monoisotopic (exact) mass is 252 g/mol. The van der Waals surface area contributed by atoms with Crippen molar-refractivity contribution in [3.8, 4) is 0 Å². The normalized spacial score (nSPS) is 24.7. The highest BCUT2D eigenvalue weighted by Gasteiger charge is 2.29. The molecule has 0 amide bonds. The first-order valence-corrected chi connectivity index (χ1v) is 6.91. The molecule has 1 aromatic rings. The van der Waals surface area contributed by atoms with Gasteiger partial charge in [0.2, 0.25) is 0 Å². The second-order valence-electron chi connectivity index (χ2n) is 5.11. The molecule has 1 aliphatic rings. The Morgan fingerprint density at radius 3 is 2.78 bits per heavy atom. The van der Waals surface area contributed by atoms with Crippen molar-refractivity contribution in [1.82, 2.24) is 25.1 Å². The van der Waals surface area contributed by atoms with E-state index in [-0.39, 0.29) is 0 Å². The lowest BCUT2D eigenvalue weighted by Crippen LogP contribution is -2.44. The van der Waals surface area contributed by atoms with E-state index >= 15 is 0 Å². The van der Waals surface area contributed by atoms with Gasteiger partial charge in [-0.2, -0.15) is 4.80 Å². The molecule has 2 atom stereocenters. The summed E-state index contributed by atoms with van der Waals surface area (Å²) in [6.45, 7) is 4.78. The van der Waals surface area contributed by atoms with Crippen LogP contribution in [0, 0.1) is 5.92 Å². The van der Waals surface area contributed by atoms with E-state index < -0.39 is 0 Å². The van der Waals surface area contributed by atoms with Gasteiger partial charge in [0.05, 0.1) is 13.6 Å². The van der Waals surface area contributed by atoms with Crippen molar-refractivity contribution < 1.29 is 0 Å². The van der Waals surface area contributed by atoms with Gasteiger partial charge in [0.25, 0.3) is 0 Å². The van der Waals surface area contributed by atoms with Crippen molar-refractivity contribution in [2.45, 2.75) is 45.2 Å². The van der Waals surface area contributed by atoms with Gasteiger partial charge in [0.1, 0.15) is 0 Å². The molecule has 0 aromatic carbocycles. The van der Waals surface area contributed by atoms with E-state index in [0.29, 0.717) is 12.0 Å². The molecule has 6 nitrogen and oxygen atoms in total. The van der Waals surface area contributed by atoms with Gasteiger partial charge in [0.15, 0.2) is 5.82 Å². The van der Waals surface area contributed by atoms with Crippen LogP contribution in [0.1, 0.15) is 38.4 Å². The number of tetrazole rings is 1. The standard InChI is InChI=1S/C12H24N6/c1-3-18(9-12-14-16-17(2)15-12)11-7-5-4-6-10(11)8-13/h10-11H,3-9,13H2,1-2H3. The van der Waals surface area contributed by atoms with Gasteiger partial charge in [-0.15, -0.1) is 10.2 Å². The van der Waals surface area contributed by atoms with Crippen LogP contribution in [0.2, 0.25) is 0 Å². The molecule has 0 spiro atoms. The highest BCUT2D eigenvalue weighted by atomic mass is 15.6. The molecule has 1 fully saturated rings.